The Morgan fingerprint density at radius 1 is 1.36 bits per heavy atom. The van der Waals surface area contributed by atoms with E-state index in [-0.39, 0.29) is 0 Å². The van der Waals surface area contributed by atoms with E-state index >= 15 is 0 Å². The Balaban J connectivity index is 2.35. The van der Waals surface area contributed by atoms with E-state index < -0.39 is 0 Å². The van der Waals surface area contributed by atoms with Gasteiger partial charge >= 0.3 is 0 Å². The van der Waals surface area contributed by atoms with E-state index in [1.807, 2.05) is 6.07 Å². The molecule has 0 amide bonds. The van der Waals surface area contributed by atoms with Crippen LogP contribution in [-0.4, -0.2) is 13.7 Å². The highest BCUT2D eigenvalue weighted by Gasteiger charge is 2.14. The maximum atomic E-state index is 5.15. The summed E-state index contributed by atoms with van der Waals surface area (Å²) in [5.41, 5.74) is 3.75. The van der Waals surface area contributed by atoms with E-state index in [2.05, 4.69) is 19.1 Å². The van der Waals surface area contributed by atoms with Gasteiger partial charge in [-0.05, 0) is 17.2 Å². The van der Waals surface area contributed by atoms with Crippen LogP contribution in [-0.2, 0) is 4.74 Å². The third-order valence-electron chi connectivity index (χ3n) is 2.52. The van der Waals surface area contributed by atoms with Crippen molar-refractivity contribution in [1.29, 1.82) is 0 Å². The van der Waals surface area contributed by atoms with E-state index in [0.717, 1.165) is 12.2 Å². The highest BCUT2D eigenvalue weighted by Crippen LogP contribution is 2.32. The summed E-state index contributed by atoms with van der Waals surface area (Å²) in [4.78, 5) is 0. The van der Waals surface area contributed by atoms with Crippen molar-refractivity contribution in [2.45, 2.75) is 12.8 Å². The van der Waals surface area contributed by atoms with Crippen molar-refractivity contribution in [3.05, 3.63) is 36.3 Å². The fourth-order valence-corrected chi connectivity index (χ4v) is 1.81. The summed E-state index contributed by atoms with van der Waals surface area (Å²) >= 11 is 0. The zero-order valence-corrected chi connectivity index (χ0v) is 8.49. The van der Waals surface area contributed by atoms with Gasteiger partial charge in [0, 0.05) is 18.6 Å². The zero-order chi connectivity index (χ0) is 9.97. The second-order valence-electron chi connectivity index (χ2n) is 3.57. The predicted molar refractivity (Wildman–Crippen MR) is 55.6 cm³/mol. The van der Waals surface area contributed by atoms with E-state index in [9.17, 15) is 0 Å². The fraction of sp³-hybridized carbons (Fsp3) is 0.333. The minimum Gasteiger partial charge on any atom is -0.472 e. The largest absolute Gasteiger partial charge is 0.472 e. The molecule has 2 heteroatoms. The average Bonchev–Trinajstić information content (AvgIpc) is 2.61. The van der Waals surface area contributed by atoms with Crippen LogP contribution in [0.15, 0.2) is 35.1 Å². The quantitative estimate of drug-likeness (QED) is 0.741. The number of methoxy groups -OCH3 is 1. The van der Waals surface area contributed by atoms with E-state index in [1.165, 1.54) is 11.1 Å². The minimum absolute atomic E-state index is 0.430. The first-order valence-electron chi connectivity index (χ1n) is 4.76. The van der Waals surface area contributed by atoms with Gasteiger partial charge in [0.25, 0.3) is 0 Å². The molecular weight excluding hydrogens is 176 g/mol. The maximum Gasteiger partial charge on any atom is 0.0979 e. The van der Waals surface area contributed by atoms with Crippen LogP contribution in [0.5, 0.6) is 0 Å². The summed E-state index contributed by atoms with van der Waals surface area (Å²) in [5.74, 6) is 0.430. The number of ether oxygens (including phenoxy) is 1. The third-order valence-corrected chi connectivity index (χ3v) is 2.52. The highest BCUT2D eigenvalue weighted by molar-refractivity contribution is 5.70. The number of hydrogen-bond donors (Lipinski definition) is 0. The van der Waals surface area contributed by atoms with Gasteiger partial charge in [-0.1, -0.05) is 19.1 Å². The Bertz CT molecular complexity index is 378. The van der Waals surface area contributed by atoms with Crippen LogP contribution in [0.3, 0.4) is 0 Å². The molecule has 0 aromatic rings. The van der Waals surface area contributed by atoms with Crippen molar-refractivity contribution in [2.24, 2.45) is 0 Å². The van der Waals surface area contributed by atoms with Gasteiger partial charge in [-0.25, -0.2) is 0 Å². The number of hydrogen-bond acceptors (Lipinski definition) is 2. The van der Waals surface area contributed by atoms with Crippen molar-refractivity contribution in [3.8, 4) is 11.1 Å². The smallest absolute Gasteiger partial charge is 0.0979 e. The van der Waals surface area contributed by atoms with Gasteiger partial charge in [0.15, 0.2) is 0 Å². The number of rotatable bonds is 3. The summed E-state index contributed by atoms with van der Waals surface area (Å²) in [6.45, 7) is 2.92. The van der Waals surface area contributed by atoms with Crippen LogP contribution in [0.1, 0.15) is 18.4 Å². The summed E-state index contributed by atoms with van der Waals surface area (Å²) in [6, 6.07) is 6.24. The maximum absolute atomic E-state index is 5.15. The lowest BCUT2D eigenvalue weighted by molar-refractivity contribution is 0.184. The van der Waals surface area contributed by atoms with Gasteiger partial charge in [0.05, 0.1) is 19.1 Å². The van der Waals surface area contributed by atoms with Crippen molar-refractivity contribution in [1.82, 2.24) is 0 Å². The molecule has 0 radical (unpaired) electrons. The summed E-state index contributed by atoms with van der Waals surface area (Å²) in [5, 5.41) is 0. The zero-order valence-electron chi connectivity index (χ0n) is 8.49. The lowest BCUT2D eigenvalue weighted by atomic mass is 9.99. The molecule has 1 atom stereocenters. The first kappa shape index (κ1) is 9.28. The van der Waals surface area contributed by atoms with Crippen molar-refractivity contribution < 1.29 is 9.15 Å². The molecule has 0 N–H and O–H groups in total. The molecule has 2 aliphatic rings. The molecule has 2 nitrogen and oxygen atoms in total. The molecule has 14 heavy (non-hydrogen) atoms. The Labute approximate surface area is 83.8 Å². The van der Waals surface area contributed by atoms with Crippen LogP contribution >= 0.6 is 0 Å². The lowest BCUT2D eigenvalue weighted by Gasteiger charge is -2.11. The SMILES string of the molecule is COCC(C)c1ccc2coccc1-2. The Kier molecular flexibility index (Phi) is 2.55. The molecule has 74 valence electrons. The van der Waals surface area contributed by atoms with Gasteiger partial charge in [-0.2, -0.15) is 0 Å². The molecule has 0 saturated heterocycles. The normalized spacial score (nSPS) is 13.3. The van der Waals surface area contributed by atoms with E-state index in [4.69, 9.17) is 9.15 Å². The van der Waals surface area contributed by atoms with E-state index in [0.29, 0.717) is 5.92 Å². The van der Waals surface area contributed by atoms with Crippen LogP contribution in [0.2, 0.25) is 0 Å². The Morgan fingerprint density at radius 2 is 2.21 bits per heavy atom. The molecule has 1 aliphatic heterocycles. The van der Waals surface area contributed by atoms with Gasteiger partial charge in [0.2, 0.25) is 0 Å². The van der Waals surface area contributed by atoms with Gasteiger partial charge in [-0.3, -0.25) is 0 Å². The van der Waals surface area contributed by atoms with Crippen molar-refractivity contribution in [2.75, 3.05) is 13.7 Å². The van der Waals surface area contributed by atoms with Crippen LogP contribution < -0.4 is 0 Å². The van der Waals surface area contributed by atoms with Crippen molar-refractivity contribution >= 4 is 0 Å². The summed E-state index contributed by atoms with van der Waals surface area (Å²) in [6.07, 6.45) is 3.49. The molecular formula is C12H14O2. The fourth-order valence-electron chi connectivity index (χ4n) is 1.81. The summed E-state index contributed by atoms with van der Waals surface area (Å²) in [7, 11) is 1.73. The van der Waals surface area contributed by atoms with Crippen LogP contribution in [0.4, 0.5) is 0 Å². The van der Waals surface area contributed by atoms with Crippen LogP contribution in [0.25, 0.3) is 11.1 Å². The van der Waals surface area contributed by atoms with Gasteiger partial charge < -0.3 is 9.15 Å². The second-order valence-corrected chi connectivity index (χ2v) is 3.57. The minimum atomic E-state index is 0.430. The van der Waals surface area contributed by atoms with Crippen LogP contribution in [0, 0.1) is 0 Å². The monoisotopic (exact) mass is 190 g/mol. The third kappa shape index (κ3) is 1.53. The van der Waals surface area contributed by atoms with Crippen molar-refractivity contribution in [3.63, 3.8) is 0 Å². The highest BCUT2D eigenvalue weighted by atomic mass is 16.5. The Morgan fingerprint density at radius 3 is 3.00 bits per heavy atom. The molecule has 0 saturated carbocycles. The van der Waals surface area contributed by atoms with Gasteiger partial charge in [0.1, 0.15) is 0 Å². The molecule has 0 spiro atoms. The molecule has 0 aromatic heterocycles. The summed E-state index contributed by atoms with van der Waals surface area (Å²) < 4.78 is 10.3. The molecule has 2 rings (SSSR count). The lowest BCUT2D eigenvalue weighted by Crippen LogP contribution is -2.01. The molecule has 0 fully saturated rings. The number of fused-ring (bicyclic) bond motifs is 1. The molecule has 1 heterocycles. The van der Waals surface area contributed by atoms with Gasteiger partial charge in [-0.15, -0.1) is 0 Å². The molecule has 0 aromatic carbocycles. The Hall–Kier alpha value is -1.28. The predicted octanol–water partition coefficient (Wildman–Crippen LogP) is 3.13. The standard InChI is InChI=1S/C12H14O2/c1-9(7-13-2)11-4-3-10-8-14-6-5-12(10)11/h3-6,8-9H,7H2,1-2H3. The molecule has 1 unspecified atom stereocenters. The van der Waals surface area contributed by atoms with E-state index in [1.54, 1.807) is 19.6 Å². The molecule has 0 bridgehead atoms. The second kappa shape index (κ2) is 3.84. The molecule has 1 aliphatic carbocycles. The average molecular weight is 190 g/mol. The topological polar surface area (TPSA) is 22.4 Å². The first-order chi connectivity index (χ1) is 6.83. The first-order valence-corrected chi connectivity index (χ1v) is 4.76.